The molecule has 18 heavy (non-hydrogen) atoms. The van der Waals surface area contributed by atoms with Gasteiger partial charge in [0.15, 0.2) is 0 Å². The summed E-state index contributed by atoms with van der Waals surface area (Å²) < 4.78 is 0. The average Bonchev–Trinajstić information content (AvgIpc) is 2.35. The Bertz CT molecular complexity index is 301. The van der Waals surface area contributed by atoms with Crippen molar-refractivity contribution in [3.63, 3.8) is 0 Å². The van der Waals surface area contributed by atoms with Crippen LogP contribution in [0.5, 0.6) is 0 Å². The van der Waals surface area contributed by atoms with Crippen LogP contribution < -0.4 is 11.1 Å². The molecular formula is C12H23N3O3. The predicted octanol–water partition coefficient (Wildman–Crippen LogP) is 0.618. The number of nitrogens with zero attached hydrogens (tertiary/aromatic N) is 1. The number of nitrogens with one attached hydrogen (secondary N) is 1. The molecule has 0 radical (unpaired) electrons. The number of carbonyl (C=O) groups is 2. The maximum Gasteiger partial charge on any atom is 0.326 e. The molecule has 0 aromatic rings. The molecule has 0 bridgehead atoms. The number of carboxylic acid groups (broad SMARTS) is 1. The Morgan fingerprint density at radius 2 is 2.00 bits per heavy atom. The Morgan fingerprint density at radius 3 is 2.44 bits per heavy atom. The van der Waals surface area contributed by atoms with Gasteiger partial charge in [-0.15, -0.1) is 0 Å². The molecule has 0 unspecified atom stereocenters. The van der Waals surface area contributed by atoms with Gasteiger partial charge in [0.2, 0.25) is 0 Å². The van der Waals surface area contributed by atoms with Gasteiger partial charge in [0, 0.05) is 19.1 Å². The van der Waals surface area contributed by atoms with E-state index in [4.69, 9.17) is 10.8 Å². The highest BCUT2D eigenvalue weighted by atomic mass is 16.4. The third-order valence-corrected chi connectivity index (χ3v) is 3.58. The largest absolute Gasteiger partial charge is 0.480 e. The minimum absolute atomic E-state index is 0.0847. The van der Waals surface area contributed by atoms with Gasteiger partial charge < -0.3 is 21.1 Å². The zero-order valence-corrected chi connectivity index (χ0v) is 11.1. The summed E-state index contributed by atoms with van der Waals surface area (Å²) in [4.78, 5) is 24.7. The lowest BCUT2D eigenvalue weighted by molar-refractivity contribution is -0.140. The van der Waals surface area contributed by atoms with Crippen LogP contribution in [0, 0.1) is 5.92 Å². The van der Waals surface area contributed by atoms with E-state index in [1.165, 1.54) is 0 Å². The first kappa shape index (κ1) is 14.8. The molecule has 1 heterocycles. The van der Waals surface area contributed by atoms with Crippen molar-refractivity contribution in [1.29, 1.82) is 0 Å². The number of nitrogens with two attached hydrogens (primary N) is 1. The molecule has 2 atom stereocenters. The molecule has 4 N–H and O–H groups in total. The van der Waals surface area contributed by atoms with E-state index in [9.17, 15) is 9.59 Å². The molecule has 0 spiro atoms. The van der Waals surface area contributed by atoms with Gasteiger partial charge in [-0.05, 0) is 18.8 Å². The topological polar surface area (TPSA) is 95.7 Å². The monoisotopic (exact) mass is 257 g/mol. The Morgan fingerprint density at radius 1 is 1.44 bits per heavy atom. The summed E-state index contributed by atoms with van der Waals surface area (Å²) in [5, 5.41) is 11.7. The van der Waals surface area contributed by atoms with Gasteiger partial charge in [-0.1, -0.05) is 20.3 Å². The third-order valence-electron chi connectivity index (χ3n) is 3.58. The van der Waals surface area contributed by atoms with E-state index < -0.39 is 12.0 Å². The van der Waals surface area contributed by atoms with Gasteiger partial charge in [-0.3, -0.25) is 0 Å². The van der Waals surface area contributed by atoms with Crippen LogP contribution >= 0.6 is 0 Å². The molecule has 6 heteroatoms. The number of likely N-dealkylation sites (tertiary alicyclic amines) is 1. The van der Waals surface area contributed by atoms with E-state index in [0.717, 1.165) is 12.8 Å². The number of hydrogen-bond acceptors (Lipinski definition) is 3. The second kappa shape index (κ2) is 6.58. The molecule has 1 fully saturated rings. The van der Waals surface area contributed by atoms with Crippen molar-refractivity contribution in [3.8, 4) is 0 Å². The molecule has 104 valence electrons. The van der Waals surface area contributed by atoms with E-state index in [2.05, 4.69) is 5.32 Å². The minimum atomic E-state index is -0.980. The number of carboxylic acids is 1. The van der Waals surface area contributed by atoms with Crippen LogP contribution in [-0.2, 0) is 4.79 Å². The van der Waals surface area contributed by atoms with Crippen molar-refractivity contribution >= 4 is 12.0 Å². The van der Waals surface area contributed by atoms with Gasteiger partial charge in [0.25, 0.3) is 0 Å². The number of amides is 2. The van der Waals surface area contributed by atoms with Crippen LogP contribution in [0.15, 0.2) is 0 Å². The van der Waals surface area contributed by atoms with E-state index >= 15 is 0 Å². The molecule has 0 aromatic carbocycles. The molecule has 6 nitrogen and oxygen atoms in total. The SMILES string of the molecule is CC[C@H](C)[C@H](NC(=O)N1CCC(N)CC1)C(=O)O. The smallest absolute Gasteiger partial charge is 0.326 e. The van der Waals surface area contributed by atoms with E-state index in [1.54, 1.807) is 4.90 Å². The summed E-state index contributed by atoms with van der Waals surface area (Å²) in [6.45, 7) is 4.93. The van der Waals surface area contributed by atoms with Gasteiger partial charge in [-0.2, -0.15) is 0 Å². The number of hydrogen-bond donors (Lipinski definition) is 3. The standard InChI is InChI=1S/C12H23N3O3/c1-3-8(2)10(11(16)17)14-12(18)15-6-4-9(13)5-7-15/h8-10H,3-7,13H2,1-2H3,(H,14,18)(H,16,17)/t8-,10-/m0/s1. The first-order chi connectivity index (χ1) is 8.45. The Labute approximate surface area is 108 Å². The van der Waals surface area contributed by atoms with Crippen LogP contribution in [-0.4, -0.2) is 47.2 Å². The molecule has 2 amide bonds. The maximum absolute atomic E-state index is 12.0. The highest BCUT2D eigenvalue weighted by Crippen LogP contribution is 2.11. The fourth-order valence-corrected chi connectivity index (χ4v) is 2.01. The lowest BCUT2D eigenvalue weighted by Crippen LogP contribution is -2.53. The van der Waals surface area contributed by atoms with E-state index in [1.807, 2.05) is 13.8 Å². The van der Waals surface area contributed by atoms with Crippen LogP contribution in [0.1, 0.15) is 33.1 Å². The number of urea groups is 1. The van der Waals surface area contributed by atoms with E-state index in [-0.39, 0.29) is 18.0 Å². The van der Waals surface area contributed by atoms with Crippen molar-refractivity contribution < 1.29 is 14.7 Å². The molecule has 1 aliphatic heterocycles. The zero-order valence-electron chi connectivity index (χ0n) is 11.1. The summed E-state index contributed by atoms with van der Waals surface area (Å²) >= 11 is 0. The predicted molar refractivity (Wildman–Crippen MR) is 68.2 cm³/mol. The Hall–Kier alpha value is -1.30. The zero-order chi connectivity index (χ0) is 13.7. The van der Waals surface area contributed by atoms with Crippen molar-refractivity contribution in [2.75, 3.05) is 13.1 Å². The average molecular weight is 257 g/mol. The normalized spacial score (nSPS) is 20.3. The summed E-state index contributed by atoms with van der Waals surface area (Å²) in [7, 11) is 0. The summed E-state index contributed by atoms with van der Waals surface area (Å²) in [6, 6.07) is -0.966. The van der Waals surface area contributed by atoms with Gasteiger partial charge in [0.1, 0.15) is 6.04 Å². The molecule has 1 aliphatic rings. The van der Waals surface area contributed by atoms with Crippen molar-refractivity contribution in [3.05, 3.63) is 0 Å². The lowest BCUT2D eigenvalue weighted by atomic mass is 9.99. The van der Waals surface area contributed by atoms with Crippen LogP contribution in [0.3, 0.4) is 0 Å². The Kier molecular flexibility index (Phi) is 5.40. The summed E-state index contributed by atoms with van der Waals surface area (Å²) in [5.41, 5.74) is 5.76. The molecule has 1 rings (SSSR count). The lowest BCUT2D eigenvalue weighted by Gasteiger charge is -2.32. The summed E-state index contributed by atoms with van der Waals surface area (Å²) in [6.07, 6.45) is 2.26. The highest BCUT2D eigenvalue weighted by molar-refractivity contribution is 5.82. The molecule has 0 aliphatic carbocycles. The van der Waals surface area contributed by atoms with Crippen LogP contribution in [0.25, 0.3) is 0 Å². The van der Waals surface area contributed by atoms with Crippen molar-refractivity contribution in [1.82, 2.24) is 10.2 Å². The highest BCUT2D eigenvalue weighted by Gasteiger charge is 2.28. The number of rotatable bonds is 4. The van der Waals surface area contributed by atoms with Crippen LogP contribution in [0.4, 0.5) is 4.79 Å². The fraction of sp³-hybridized carbons (Fsp3) is 0.833. The first-order valence-corrected chi connectivity index (χ1v) is 6.49. The molecule has 1 saturated heterocycles. The van der Waals surface area contributed by atoms with Gasteiger partial charge in [-0.25, -0.2) is 9.59 Å². The molecular weight excluding hydrogens is 234 g/mol. The van der Waals surface area contributed by atoms with Crippen molar-refractivity contribution in [2.45, 2.75) is 45.2 Å². The number of aliphatic carboxylic acids is 1. The number of piperidine rings is 1. The number of carbonyl (C=O) groups excluding carboxylic acids is 1. The third kappa shape index (κ3) is 3.87. The molecule has 0 aromatic heterocycles. The maximum atomic E-state index is 12.0. The van der Waals surface area contributed by atoms with Crippen LogP contribution in [0.2, 0.25) is 0 Å². The summed E-state index contributed by atoms with van der Waals surface area (Å²) in [5.74, 6) is -1.06. The van der Waals surface area contributed by atoms with Gasteiger partial charge >= 0.3 is 12.0 Å². The fourth-order valence-electron chi connectivity index (χ4n) is 2.01. The molecule has 0 saturated carbocycles. The quantitative estimate of drug-likeness (QED) is 0.688. The Balaban J connectivity index is 2.53. The second-order valence-electron chi connectivity index (χ2n) is 4.98. The van der Waals surface area contributed by atoms with Gasteiger partial charge in [0.05, 0.1) is 0 Å². The van der Waals surface area contributed by atoms with E-state index in [0.29, 0.717) is 19.5 Å². The minimum Gasteiger partial charge on any atom is -0.480 e. The van der Waals surface area contributed by atoms with Crippen molar-refractivity contribution in [2.24, 2.45) is 11.7 Å². The first-order valence-electron chi connectivity index (χ1n) is 6.49. The second-order valence-corrected chi connectivity index (χ2v) is 4.98.